The van der Waals surface area contributed by atoms with Crippen molar-refractivity contribution in [2.24, 2.45) is 4.99 Å². The van der Waals surface area contributed by atoms with Crippen molar-refractivity contribution in [1.29, 1.82) is 0 Å². The first-order valence-corrected chi connectivity index (χ1v) is 4.81. The molecule has 0 aromatic heterocycles. The van der Waals surface area contributed by atoms with Crippen LogP contribution in [0.1, 0.15) is 6.92 Å². The van der Waals surface area contributed by atoms with Gasteiger partial charge in [0, 0.05) is 20.3 Å². The van der Waals surface area contributed by atoms with Crippen LogP contribution in [0.5, 0.6) is 0 Å². The van der Waals surface area contributed by atoms with Crippen LogP contribution in [-0.2, 0) is 9.53 Å². The van der Waals surface area contributed by atoms with Crippen LogP contribution in [-0.4, -0.2) is 38.5 Å². The number of rotatable bonds is 5. The summed E-state index contributed by atoms with van der Waals surface area (Å²) in [5.74, 6) is -0.657. The van der Waals surface area contributed by atoms with E-state index < -0.39 is 11.6 Å². The molecule has 1 unspecified atom stereocenters. The topological polar surface area (TPSA) is 50.7 Å². The summed E-state index contributed by atoms with van der Waals surface area (Å²) in [5.41, 5.74) is -1.86. The minimum Gasteiger partial charge on any atom is -0.462 e. The minimum atomic E-state index is -1.80. The molecule has 4 nitrogen and oxygen atoms in total. The smallest absolute Gasteiger partial charge is 0.341 e. The predicted molar refractivity (Wildman–Crippen MR) is 57.9 cm³/mol. The molecule has 86 valence electrons. The molecule has 0 saturated carbocycles. The molecule has 6 heteroatoms. The highest BCUT2D eigenvalue weighted by Crippen LogP contribution is 2.13. The SMILES string of the molecule is CCOC(=O)C(C=NC)=C(NC)C(F)Cl. The maximum Gasteiger partial charge on any atom is 0.341 e. The molecule has 0 heterocycles. The number of allylic oxidation sites excluding steroid dienone is 1. The van der Waals surface area contributed by atoms with Gasteiger partial charge >= 0.3 is 5.97 Å². The van der Waals surface area contributed by atoms with Gasteiger partial charge in [0.05, 0.1) is 12.3 Å². The monoisotopic (exact) mass is 236 g/mol. The van der Waals surface area contributed by atoms with Crippen molar-refractivity contribution in [1.82, 2.24) is 5.32 Å². The van der Waals surface area contributed by atoms with Gasteiger partial charge in [-0.25, -0.2) is 9.18 Å². The molecular weight excluding hydrogens is 223 g/mol. The van der Waals surface area contributed by atoms with Crippen LogP contribution in [0.25, 0.3) is 0 Å². The van der Waals surface area contributed by atoms with E-state index >= 15 is 0 Å². The van der Waals surface area contributed by atoms with Crippen LogP contribution in [0, 0.1) is 0 Å². The Hall–Kier alpha value is -1.10. The van der Waals surface area contributed by atoms with Gasteiger partial charge in [-0.1, -0.05) is 11.6 Å². The lowest BCUT2D eigenvalue weighted by molar-refractivity contribution is -0.137. The second-order valence-electron chi connectivity index (χ2n) is 2.49. The number of hydrogen-bond acceptors (Lipinski definition) is 4. The van der Waals surface area contributed by atoms with Crippen molar-refractivity contribution in [2.75, 3.05) is 20.7 Å². The van der Waals surface area contributed by atoms with Gasteiger partial charge in [0.2, 0.25) is 5.63 Å². The molecule has 0 amide bonds. The summed E-state index contributed by atoms with van der Waals surface area (Å²) >= 11 is 5.26. The fraction of sp³-hybridized carbons (Fsp3) is 0.556. The Bertz CT molecular complexity index is 277. The molecule has 1 N–H and O–H groups in total. The quantitative estimate of drug-likeness (QED) is 0.338. The molecule has 0 aromatic carbocycles. The number of aliphatic imine (C=N–C) groups is 1. The first-order chi connectivity index (χ1) is 7.08. The molecule has 0 radical (unpaired) electrons. The third-order valence-corrected chi connectivity index (χ3v) is 1.75. The van der Waals surface area contributed by atoms with E-state index in [-0.39, 0.29) is 17.9 Å². The van der Waals surface area contributed by atoms with E-state index in [4.69, 9.17) is 16.3 Å². The molecule has 0 fully saturated rings. The van der Waals surface area contributed by atoms with Gasteiger partial charge in [0.25, 0.3) is 0 Å². The molecule has 0 aliphatic carbocycles. The number of esters is 1. The zero-order chi connectivity index (χ0) is 11.8. The van der Waals surface area contributed by atoms with Crippen molar-refractivity contribution in [2.45, 2.75) is 12.6 Å². The number of alkyl halides is 2. The van der Waals surface area contributed by atoms with Crippen LogP contribution in [0.15, 0.2) is 16.3 Å². The van der Waals surface area contributed by atoms with E-state index in [2.05, 4.69) is 10.3 Å². The Balaban J connectivity index is 5.14. The summed E-state index contributed by atoms with van der Waals surface area (Å²) in [6, 6.07) is 0. The van der Waals surface area contributed by atoms with E-state index in [1.54, 1.807) is 6.92 Å². The molecule has 0 aromatic rings. The largest absolute Gasteiger partial charge is 0.462 e. The van der Waals surface area contributed by atoms with E-state index in [0.717, 1.165) is 0 Å². The number of ether oxygens (including phenoxy) is 1. The summed E-state index contributed by atoms with van der Waals surface area (Å²) in [4.78, 5) is 15.0. The molecule has 1 atom stereocenters. The molecular formula is C9H14ClFN2O2. The van der Waals surface area contributed by atoms with E-state index in [9.17, 15) is 9.18 Å². The van der Waals surface area contributed by atoms with Gasteiger partial charge < -0.3 is 10.1 Å². The maximum atomic E-state index is 12.9. The van der Waals surface area contributed by atoms with Gasteiger partial charge in [-0.15, -0.1) is 0 Å². The van der Waals surface area contributed by atoms with Crippen LogP contribution >= 0.6 is 11.6 Å². The lowest BCUT2D eigenvalue weighted by atomic mass is 10.2. The third kappa shape index (κ3) is 4.29. The van der Waals surface area contributed by atoms with Crippen molar-refractivity contribution in [3.63, 3.8) is 0 Å². The van der Waals surface area contributed by atoms with Crippen molar-refractivity contribution in [3.8, 4) is 0 Å². The molecule has 0 saturated heterocycles. The average molecular weight is 237 g/mol. The fourth-order valence-corrected chi connectivity index (χ4v) is 1.16. The summed E-state index contributed by atoms with van der Waals surface area (Å²) in [7, 11) is 2.93. The van der Waals surface area contributed by atoms with Crippen LogP contribution < -0.4 is 5.32 Å². The molecule has 0 spiro atoms. The highest BCUT2D eigenvalue weighted by atomic mass is 35.5. The third-order valence-electron chi connectivity index (χ3n) is 1.53. The summed E-state index contributed by atoms with van der Waals surface area (Å²) in [5, 5.41) is 2.51. The summed E-state index contributed by atoms with van der Waals surface area (Å²) < 4.78 is 17.7. The predicted octanol–water partition coefficient (Wildman–Crippen LogP) is 1.26. The highest BCUT2D eigenvalue weighted by Gasteiger charge is 2.19. The molecule has 15 heavy (non-hydrogen) atoms. The van der Waals surface area contributed by atoms with E-state index in [1.807, 2.05) is 0 Å². The molecule has 0 rings (SSSR count). The first kappa shape index (κ1) is 13.9. The van der Waals surface area contributed by atoms with E-state index in [0.29, 0.717) is 0 Å². The van der Waals surface area contributed by atoms with Gasteiger partial charge in [-0.05, 0) is 6.92 Å². The number of nitrogens with zero attached hydrogens (tertiary/aromatic N) is 1. The maximum absolute atomic E-state index is 12.9. The Morgan fingerprint density at radius 2 is 2.33 bits per heavy atom. The van der Waals surface area contributed by atoms with Crippen LogP contribution in [0.2, 0.25) is 0 Å². The Kier molecular flexibility index (Phi) is 6.70. The van der Waals surface area contributed by atoms with Gasteiger partial charge in [-0.3, -0.25) is 4.99 Å². The number of hydrogen-bond donors (Lipinski definition) is 1. The van der Waals surface area contributed by atoms with E-state index in [1.165, 1.54) is 20.3 Å². The van der Waals surface area contributed by atoms with Gasteiger partial charge in [0.15, 0.2) is 0 Å². The number of nitrogens with one attached hydrogen (secondary N) is 1. The Labute approximate surface area is 93.2 Å². The lowest BCUT2D eigenvalue weighted by Gasteiger charge is -2.10. The second-order valence-corrected chi connectivity index (χ2v) is 2.87. The fourth-order valence-electron chi connectivity index (χ4n) is 0.931. The summed E-state index contributed by atoms with van der Waals surface area (Å²) in [6.45, 7) is 1.86. The summed E-state index contributed by atoms with van der Waals surface area (Å²) in [6.07, 6.45) is 1.21. The molecule has 0 aliphatic heterocycles. The highest BCUT2D eigenvalue weighted by molar-refractivity contribution is 6.22. The van der Waals surface area contributed by atoms with Crippen molar-refractivity contribution >= 4 is 23.8 Å². The first-order valence-electron chi connectivity index (χ1n) is 4.37. The van der Waals surface area contributed by atoms with Crippen molar-refractivity contribution < 1.29 is 13.9 Å². The van der Waals surface area contributed by atoms with Crippen molar-refractivity contribution in [3.05, 3.63) is 11.3 Å². The molecule has 0 aliphatic rings. The van der Waals surface area contributed by atoms with Gasteiger partial charge in [-0.2, -0.15) is 0 Å². The Morgan fingerprint density at radius 1 is 1.73 bits per heavy atom. The zero-order valence-electron chi connectivity index (χ0n) is 8.88. The number of halogens is 2. The number of carbonyl (C=O) groups excluding carboxylic acids is 1. The Morgan fingerprint density at radius 3 is 2.67 bits per heavy atom. The lowest BCUT2D eigenvalue weighted by Crippen LogP contribution is -2.22. The average Bonchev–Trinajstić information content (AvgIpc) is 2.17. The standard InChI is InChI=1S/C9H14ClFN2O2/c1-4-15-9(14)6(5-12-2)7(13-3)8(10)11/h5,8,13H,4H2,1-3H3. The minimum absolute atomic E-state index is 0.00986. The van der Waals surface area contributed by atoms with Crippen LogP contribution in [0.3, 0.4) is 0 Å². The number of carbonyl (C=O) groups is 1. The zero-order valence-corrected chi connectivity index (χ0v) is 9.64. The second kappa shape index (κ2) is 7.23. The molecule has 0 bridgehead atoms. The normalized spacial score (nSPS) is 14.7. The van der Waals surface area contributed by atoms with Crippen LogP contribution in [0.4, 0.5) is 4.39 Å². The van der Waals surface area contributed by atoms with Gasteiger partial charge in [0.1, 0.15) is 5.57 Å².